The van der Waals surface area contributed by atoms with Crippen molar-refractivity contribution in [1.82, 2.24) is 0 Å². The number of halogens is 1. The van der Waals surface area contributed by atoms with Crippen LogP contribution in [0.25, 0.3) is 11.0 Å². The third kappa shape index (κ3) is 2.85. The van der Waals surface area contributed by atoms with Crippen molar-refractivity contribution in [3.63, 3.8) is 0 Å². The Labute approximate surface area is 109 Å². The predicted molar refractivity (Wildman–Crippen MR) is 73.2 cm³/mol. The van der Waals surface area contributed by atoms with Gasteiger partial charge in [-0.3, -0.25) is 4.79 Å². The number of ketones is 1. The van der Waals surface area contributed by atoms with Gasteiger partial charge < -0.3 is 4.42 Å². The van der Waals surface area contributed by atoms with Crippen LogP contribution >= 0.6 is 23.4 Å². The summed E-state index contributed by atoms with van der Waals surface area (Å²) in [5.74, 6) is 1.88. The first kappa shape index (κ1) is 12.5. The number of fused-ring (bicyclic) bond motifs is 1. The second kappa shape index (κ2) is 5.61. The van der Waals surface area contributed by atoms with Gasteiger partial charge in [0.25, 0.3) is 0 Å². The normalized spacial score (nSPS) is 10.9. The molecular weight excluding hydrogens is 256 g/mol. The van der Waals surface area contributed by atoms with Crippen molar-refractivity contribution in [3.05, 3.63) is 35.0 Å². The molecule has 0 radical (unpaired) electrons. The molecule has 0 amide bonds. The number of para-hydroxylation sites is 1. The molecule has 17 heavy (non-hydrogen) atoms. The number of carbonyl (C=O) groups excluding carboxylic acids is 1. The molecule has 0 saturated heterocycles. The van der Waals surface area contributed by atoms with E-state index >= 15 is 0 Å². The Balaban J connectivity index is 2.19. The van der Waals surface area contributed by atoms with Crippen molar-refractivity contribution in [2.75, 3.05) is 11.5 Å². The number of thioether (sulfide) groups is 1. The number of carbonyl (C=O) groups is 1. The molecule has 4 heteroatoms. The molecule has 0 bridgehead atoms. The van der Waals surface area contributed by atoms with E-state index in [4.69, 9.17) is 16.0 Å². The Morgan fingerprint density at radius 1 is 1.47 bits per heavy atom. The number of furan rings is 1. The molecule has 0 spiro atoms. The van der Waals surface area contributed by atoms with Gasteiger partial charge in [0.15, 0.2) is 11.3 Å². The van der Waals surface area contributed by atoms with Gasteiger partial charge in [-0.1, -0.05) is 30.7 Å². The molecule has 0 N–H and O–H groups in total. The first-order valence-electron chi connectivity index (χ1n) is 5.51. The Kier molecular flexibility index (Phi) is 4.13. The Morgan fingerprint density at radius 3 is 3.00 bits per heavy atom. The van der Waals surface area contributed by atoms with Crippen LogP contribution in [0.1, 0.15) is 23.9 Å². The summed E-state index contributed by atoms with van der Waals surface area (Å²) in [6, 6.07) is 7.25. The molecule has 2 nitrogen and oxygen atoms in total. The van der Waals surface area contributed by atoms with Crippen molar-refractivity contribution in [1.29, 1.82) is 0 Å². The van der Waals surface area contributed by atoms with Crippen LogP contribution in [0.5, 0.6) is 0 Å². The highest BCUT2D eigenvalue weighted by molar-refractivity contribution is 7.99. The van der Waals surface area contributed by atoms with Crippen LogP contribution < -0.4 is 0 Å². The number of rotatable bonds is 5. The minimum absolute atomic E-state index is 0.0238. The summed E-state index contributed by atoms with van der Waals surface area (Å²) in [5, 5.41) is 1.42. The van der Waals surface area contributed by atoms with Crippen molar-refractivity contribution in [2.45, 2.75) is 13.3 Å². The van der Waals surface area contributed by atoms with Gasteiger partial charge in [-0.05, 0) is 24.3 Å². The highest BCUT2D eigenvalue weighted by Gasteiger charge is 2.13. The van der Waals surface area contributed by atoms with Crippen molar-refractivity contribution in [2.24, 2.45) is 0 Å². The average Bonchev–Trinajstić information content (AvgIpc) is 2.75. The summed E-state index contributed by atoms with van der Waals surface area (Å²) in [4.78, 5) is 11.8. The van der Waals surface area contributed by atoms with Crippen molar-refractivity contribution >= 4 is 40.1 Å². The molecule has 2 rings (SSSR count). The van der Waals surface area contributed by atoms with Crippen LogP contribution in [0.4, 0.5) is 0 Å². The topological polar surface area (TPSA) is 30.2 Å². The maximum Gasteiger partial charge on any atom is 0.207 e. The Bertz CT molecular complexity index is 533. The van der Waals surface area contributed by atoms with E-state index in [1.165, 1.54) is 0 Å². The lowest BCUT2D eigenvalue weighted by Gasteiger charge is -1.96. The fourth-order valence-corrected chi connectivity index (χ4v) is 2.53. The third-order valence-electron chi connectivity index (χ3n) is 2.35. The summed E-state index contributed by atoms with van der Waals surface area (Å²) in [5.41, 5.74) is 0.595. The van der Waals surface area contributed by atoms with Gasteiger partial charge in [0, 0.05) is 5.39 Å². The monoisotopic (exact) mass is 268 g/mol. The minimum Gasteiger partial charge on any atom is -0.451 e. The van der Waals surface area contributed by atoms with E-state index in [0.29, 0.717) is 22.1 Å². The standard InChI is InChI=1S/C13H13ClO2S/c1-2-6-17-8-11(15)12-7-9-4-3-5-10(14)13(9)16-12/h3-5,7H,2,6,8H2,1H3. The van der Waals surface area contributed by atoms with E-state index < -0.39 is 0 Å². The van der Waals surface area contributed by atoms with Gasteiger partial charge in [0.05, 0.1) is 10.8 Å². The molecule has 1 heterocycles. The van der Waals surface area contributed by atoms with E-state index in [9.17, 15) is 4.79 Å². The van der Waals surface area contributed by atoms with Gasteiger partial charge in [0.1, 0.15) is 0 Å². The summed E-state index contributed by atoms with van der Waals surface area (Å²) < 4.78 is 5.50. The first-order valence-corrected chi connectivity index (χ1v) is 7.04. The lowest BCUT2D eigenvalue weighted by molar-refractivity contribution is 0.0994. The maximum atomic E-state index is 11.8. The molecule has 0 saturated carbocycles. The summed E-state index contributed by atoms with van der Waals surface area (Å²) in [6.45, 7) is 2.10. The fourth-order valence-electron chi connectivity index (χ4n) is 1.55. The molecule has 0 aliphatic carbocycles. The largest absolute Gasteiger partial charge is 0.451 e. The maximum absolute atomic E-state index is 11.8. The fraction of sp³-hybridized carbons (Fsp3) is 0.308. The molecule has 0 atom stereocenters. The number of benzene rings is 1. The second-order valence-electron chi connectivity index (χ2n) is 3.74. The lowest BCUT2D eigenvalue weighted by atomic mass is 10.2. The van der Waals surface area contributed by atoms with Crippen LogP contribution in [0, 0.1) is 0 Å². The molecule has 1 aromatic heterocycles. The molecule has 0 aliphatic heterocycles. The lowest BCUT2D eigenvalue weighted by Crippen LogP contribution is -2.00. The molecule has 0 fully saturated rings. The van der Waals surface area contributed by atoms with Gasteiger partial charge >= 0.3 is 0 Å². The van der Waals surface area contributed by atoms with E-state index in [1.54, 1.807) is 23.9 Å². The zero-order chi connectivity index (χ0) is 12.3. The van der Waals surface area contributed by atoms with Gasteiger partial charge in [-0.15, -0.1) is 0 Å². The highest BCUT2D eigenvalue weighted by Crippen LogP contribution is 2.27. The molecule has 0 unspecified atom stereocenters. The average molecular weight is 269 g/mol. The zero-order valence-electron chi connectivity index (χ0n) is 9.53. The first-order chi connectivity index (χ1) is 8.22. The summed E-state index contributed by atoms with van der Waals surface area (Å²) in [7, 11) is 0. The highest BCUT2D eigenvalue weighted by atomic mass is 35.5. The van der Waals surface area contributed by atoms with Crippen LogP contribution in [0.3, 0.4) is 0 Å². The van der Waals surface area contributed by atoms with Crippen molar-refractivity contribution in [3.8, 4) is 0 Å². The number of hydrogen-bond acceptors (Lipinski definition) is 3. The van der Waals surface area contributed by atoms with E-state index in [0.717, 1.165) is 17.6 Å². The van der Waals surface area contributed by atoms with E-state index in [-0.39, 0.29) is 5.78 Å². The predicted octanol–water partition coefficient (Wildman–Crippen LogP) is 4.41. The van der Waals surface area contributed by atoms with Gasteiger partial charge in [0.2, 0.25) is 5.78 Å². The van der Waals surface area contributed by atoms with Crippen LogP contribution in [-0.4, -0.2) is 17.3 Å². The number of hydrogen-bond donors (Lipinski definition) is 0. The van der Waals surface area contributed by atoms with E-state index in [2.05, 4.69) is 6.92 Å². The Hall–Kier alpha value is -0.930. The zero-order valence-corrected chi connectivity index (χ0v) is 11.1. The second-order valence-corrected chi connectivity index (χ2v) is 5.26. The molecule has 90 valence electrons. The quantitative estimate of drug-likeness (QED) is 0.594. The van der Waals surface area contributed by atoms with Gasteiger partial charge in [-0.25, -0.2) is 0 Å². The van der Waals surface area contributed by atoms with E-state index in [1.807, 2.05) is 12.1 Å². The Morgan fingerprint density at radius 2 is 2.29 bits per heavy atom. The molecule has 1 aromatic carbocycles. The number of Topliss-reactive ketones (excluding diaryl/α,β-unsaturated/α-hetero) is 1. The van der Waals surface area contributed by atoms with Crippen LogP contribution in [0.2, 0.25) is 5.02 Å². The SMILES string of the molecule is CCCSCC(=O)c1cc2cccc(Cl)c2o1. The molecule has 0 aliphatic rings. The summed E-state index contributed by atoms with van der Waals surface area (Å²) in [6.07, 6.45) is 1.07. The minimum atomic E-state index is 0.0238. The molecular formula is C13H13ClO2S. The molecule has 2 aromatic rings. The van der Waals surface area contributed by atoms with Crippen molar-refractivity contribution < 1.29 is 9.21 Å². The van der Waals surface area contributed by atoms with Crippen LogP contribution in [-0.2, 0) is 0 Å². The third-order valence-corrected chi connectivity index (χ3v) is 3.81. The van der Waals surface area contributed by atoms with Gasteiger partial charge in [-0.2, -0.15) is 11.8 Å². The smallest absolute Gasteiger partial charge is 0.207 e. The summed E-state index contributed by atoms with van der Waals surface area (Å²) >= 11 is 7.62. The van der Waals surface area contributed by atoms with Crippen LogP contribution in [0.15, 0.2) is 28.7 Å².